The number of nitrogens with two attached hydrogens (primary N) is 1. The van der Waals surface area contributed by atoms with Gasteiger partial charge in [0.15, 0.2) is 0 Å². The maximum absolute atomic E-state index is 6.10. The minimum Gasteiger partial charge on any atom is -0.319 e. The number of likely N-dealkylation sites (tertiary alicyclic amines) is 1. The fourth-order valence-electron chi connectivity index (χ4n) is 2.98. The summed E-state index contributed by atoms with van der Waals surface area (Å²) in [6.07, 6.45) is 8.21. The average molecular weight is 220 g/mol. The molecule has 0 aliphatic carbocycles. The summed E-state index contributed by atoms with van der Waals surface area (Å²) in [5.74, 6) is 1.19. The molecule has 0 bridgehead atoms. The highest BCUT2D eigenvalue weighted by Crippen LogP contribution is 2.31. The van der Waals surface area contributed by atoms with Gasteiger partial charge >= 0.3 is 0 Å². The van der Waals surface area contributed by atoms with Gasteiger partial charge in [-0.25, -0.2) is 4.98 Å². The van der Waals surface area contributed by atoms with Crippen LogP contribution in [0.4, 0.5) is 0 Å². The molecule has 2 atom stereocenters. The highest BCUT2D eigenvalue weighted by Gasteiger charge is 2.27. The molecule has 0 amide bonds. The van der Waals surface area contributed by atoms with Gasteiger partial charge in [0.05, 0.1) is 17.9 Å². The molecular formula is C12H20N4. The maximum Gasteiger partial charge on any atom is 0.110 e. The predicted molar refractivity (Wildman–Crippen MR) is 63.0 cm³/mol. The van der Waals surface area contributed by atoms with Gasteiger partial charge in [-0.3, -0.25) is 4.90 Å². The lowest BCUT2D eigenvalue weighted by Gasteiger charge is -2.20. The van der Waals surface area contributed by atoms with Crippen molar-refractivity contribution in [3.8, 4) is 0 Å². The van der Waals surface area contributed by atoms with Crippen LogP contribution in [0.1, 0.15) is 49.4 Å². The van der Waals surface area contributed by atoms with Crippen LogP contribution in [0.3, 0.4) is 0 Å². The van der Waals surface area contributed by atoms with Crippen molar-refractivity contribution in [2.24, 2.45) is 5.73 Å². The van der Waals surface area contributed by atoms with Gasteiger partial charge in [0, 0.05) is 12.6 Å². The van der Waals surface area contributed by atoms with Gasteiger partial charge in [-0.2, -0.15) is 0 Å². The smallest absolute Gasteiger partial charge is 0.110 e. The number of aryl methyl sites for hydroxylation is 1. The second kappa shape index (κ2) is 3.86. The van der Waals surface area contributed by atoms with E-state index in [0.717, 1.165) is 12.8 Å². The molecule has 1 saturated heterocycles. The highest BCUT2D eigenvalue weighted by molar-refractivity contribution is 5.13. The SMILES string of the molecule is CN1CCCC1c1cn2c(n1)CCCC2N. The summed E-state index contributed by atoms with van der Waals surface area (Å²) in [5, 5.41) is 0. The van der Waals surface area contributed by atoms with E-state index in [1.807, 2.05) is 0 Å². The minimum absolute atomic E-state index is 0.150. The molecule has 2 unspecified atom stereocenters. The van der Waals surface area contributed by atoms with Crippen LogP contribution in [0, 0.1) is 0 Å². The van der Waals surface area contributed by atoms with E-state index in [0.29, 0.717) is 6.04 Å². The largest absolute Gasteiger partial charge is 0.319 e. The van der Waals surface area contributed by atoms with E-state index in [4.69, 9.17) is 10.7 Å². The third-order valence-electron chi connectivity index (χ3n) is 3.95. The third kappa shape index (κ3) is 1.57. The first-order chi connectivity index (χ1) is 7.75. The van der Waals surface area contributed by atoms with Crippen LogP contribution in [0.25, 0.3) is 0 Å². The number of rotatable bonds is 1. The lowest BCUT2D eigenvalue weighted by molar-refractivity contribution is 0.312. The van der Waals surface area contributed by atoms with Gasteiger partial charge in [-0.15, -0.1) is 0 Å². The van der Waals surface area contributed by atoms with Crippen molar-refractivity contribution in [2.75, 3.05) is 13.6 Å². The third-order valence-corrected chi connectivity index (χ3v) is 3.95. The first-order valence-corrected chi connectivity index (χ1v) is 6.29. The lowest BCUT2D eigenvalue weighted by Crippen LogP contribution is -2.24. The number of imidazole rings is 1. The van der Waals surface area contributed by atoms with E-state index >= 15 is 0 Å². The summed E-state index contributed by atoms with van der Waals surface area (Å²) in [4.78, 5) is 7.18. The molecule has 2 aliphatic heterocycles. The zero-order valence-corrected chi connectivity index (χ0v) is 9.89. The van der Waals surface area contributed by atoms with Crippen LogP contribution in [0.2, 0.25) is 0 Å². The lowest BCUT2D eigenvalue weighted by atomic mass is 10.1. The molecule has 0 spiro atoms. The molecule has 2 aliphatic rings. The molecule has 1 aromatic rings. The van der Waals surface area contributed by atoms with Crippen molar-refractivity contribution in [1.82, 2.24) is 14.5 Å². The van der Waals surface area contributed by atoms with Gasteiger partial charge in [-0.1, -0.05) is 0 Å². The molecule has 0 aromatic carbocycles. The molecule has 3 heterocycles. The summed E-state index contributed by atoms with van der Waals surface area (Å²) >= 11 is 0. The molecule has 4 heteroatoms. The van der Waals surface area contributed by atoms with Gasteiger partial charge in [0.2, 0.25) is 0 Å². The van der Waals surface area contributed by atoms with Gasteiger partial charge in [0.1, 0.15) is 5.82 Å². The van der Waals surface area contributed by atoms with E-state index < -0.39 is 0 Å². The summed E-state index contributed by atoms with van der Waals surface area (Å²) in [6.45, 7) is 1.19. The Hall–Kier alpha value is -0.870. The average Bonchev–Trinajstić information content (AvgIpc) is 2.84. The minimum atomic E-state index is 0.150. The van der Waals surface area contributed by atoms with Gasteiger partial charge < -0.3 is 10.3 Å². The fourth-order valence-corrected chi connectivity index (χ4v) is 2.98. The van der Waals surface area contributed by atoms with Crippen molar-refractivity contribution in [3.63, 3.8) is 0 Å². The Labute approximate surface area is 96.4 Å². The highest BCUT2D eigenvalue weighted by atomic mass is 15.2. The van der Waals surface area contributed by atoms with Crippen molar-refractivity contribution in [2.45, 2.75) is 44.3 Å². The summed E-state index contributed by atoms with van der Waals surface area (Å²) in [6, 6.07) is 0.519. The quantitative estimate of drug-likeness (QED) is 0.779. The molecule has 4 nitrogen and oxygen atoms in total. The Bertz CT molecular complexity index is 384. The molecule has 2 N–H and O–H groups in total. The molecule has 88 valence electrons. The van der Waals surface area contributed by atoms with Gasteiger partial charge in [-0.05, 0) is 39.3 Å². The number of fused-ring (bicyclic) bond motifs is 1. The number of hydrogen-bond acceptors (Lipinski definition) is 3. The Morgan fingerprint density at radius 3 is 2.94 bits per heavy atom. The first-order valence-electron chi connectivity index (χ1n) is 6.29. The summed E-state index contributed by atoms with van der Waals surface area (Å²) < 4.78 is 2.19. The van der Waals surface area contributed by atoms with Crippen LogP contribution in [0.5, 0.6) is 0 Å². The predicted octanol–water partition coefficient (Wildman–Crippen LogP) is 1.44. The monoisotopic (exact) mass is 220 g/mol. The van der Waals surface area contributed by atoms with Crippen molar-refractivity contribution < 1.29 is 0 Å². The van der Waals surface area contributed by atoms with E-state index in [9.17, 15) is 0 Å². The summed E-state index contributed by atoms with van der Waals surface area (Å²) in [7, 11) is 2.19. The fraction of sp³-hybridized carbons (Fsp3) is 0.750. The Morgan fingerprint density at radius 2 is 2.25 bits per heavy atom. The van der Waals surface area contributed by atoms with Crippen LogP contribution in [-0.2, 0) is 6.42 Å². The second-order valence-corrected chi connectivity index (χ2v) is 5.09. The zero-order chi connectivity index (χ0) is 11.1. The van der Waals surface area contributed by atoms with E-state index in [2.05, 4.69) is 22.7 Å². The number of nitrogens with zero attached hydrogens (tertiary/aromatic N) is 3. The first kappa shape index (κ1) is 10.3. The number of hydrogen-bond donors (Lipinski definition) is 1. The topological polar surface area (TPSA) is 47.1 Å². The molecule has 0 saturated carbocycles. The number of aromatic nitrogens is 2. The molecular weight excluding hydrogens is 200 g/mol. The van der Waals surface area contributed by atoms with E-state index in [-0.39, 0.29) is 6.17 Å². The van der Waals surface area contributed by atoms with Crippen LogP contribution >= 0.6 is 0 Å². The van der Waals surface area contributed by atoms with E-state index in [1.54, 1.807) is 0 Å². The Morgan fingerprint density at radius 1 is 1.38 bits per heavy atom. The van der Waals surface area contributed by atoms with Crippen LogP contribution in [0.15, 0.2) is 6.20 Å². The molecule has 3 rings (SSSR count). The van der Waals surface area contributed by atoms with Crippen LogP contribution < -0.4 is 5.73 Å². The Balaban J connectivity index is 1.91. The standard InChI is InChI=1S/C12H20N4/c1-15-7-3-4-10(15)9-8-16-11(13)5-2-6-12(16)14-9/h8,10-11H,2-7,13H2,1H3. The van der Waals surface area contributed by atoms with Crippen molar-refractivity contribution >= 4 is 0 Å². The van der Waals surface area contributed by atoms with Gasteiger partial charge in [0.25, 0.3) is 0 Å². The maximum atomic E-state index is 6.10. The van der Waals surface area contributed by atoms with Crippen molar-refractivity contribution in [3.05, 3.63) is 17.7 Å². The van der Waals surface area contributed by atoms with E-state index in [1.165, 1.54) is 37.3 Å². The van der Waals surface area contributed by atoms with Crippen molar-refractivity contribution in [1.29, 1.82) is 0 Å². The molecule has 0 radical (unpaired) electrons. The molecule has 16 heavy (non-hydrogen) atoms. The molecule has 1 aromatic heterocycles. The molecule has 1 fully saturated rings. The Kier molecular flexibility index (Phi) is 2.48. The normalized spacial score (nSPS) is 30.6. The summed E-state index contributed by atoms with van der Waals surface area (Å²) in [5.41, 5.74) is 7.33. The zero-order valence-electron chi connectivity index (χ0n) is 9.89. The van der Waals surface area contributed by atoms with Crippen LogP contribution in [-0.4, -0.2) is 28.0 Å². The second-order valence-electron chi connectivity index (χ2n) is 5.09.